The van der Waals surface area contributed by atoms with Crippen LogP contribution in [0.4, 0.5) is 4.79 Å². The molecule has 0 bridgehead atoms. The van der Waals surface area contributed by atoms with Gasteiger partial charge in [0.15, 0.2) is 0 Å². The molecule has 0 radical (unpaired) electrons. The molecule has 0 saturated carbocycles. The predicted octanol–water partition coefficient (Wildman–Crippen LogP) is 1.64. The number of carbonyl (C=O) groups excluding carboxylic acids is 3. The fraction of sp³-hybridized carbons (Fsp3) is 0.550. The number of nitrogens with zero attached hydrogens (tertiary/aromatic N) is 1. The molecule has 27 heavy (non-hydrogen) atoms. The van der Waals surface area contributed by atoms with Gasteiger partial charge >= 0.3 is 6.03 Å². The largest absolute Gasteiger partial charge is 0.354 e. The molecule has 0 aromatic heterocycles. The minimum atomic E-state index is -0.498. The summed E-state index contributed by atoms with van der Waals surface area (Å²) in [5.41, 5.74) is 0.967. The minimum absolute atomic E-state index is 0.00641. The standard InChI is InChI=1S/C20H30N4O3/c1-14(2)22-19(26)17-9-11-24(12-10-17)15(3)18(25)23-20(27)21-13-16-7-5-4-6-8-16/h4-8,14-15,17H,9-13H2,1-3H3,(H,22,26)(H2,21,23,25,27). The normalized spacial score (nSPS) is 16.6. The van der Waals surface area contributed by atoms with Gasteiger partial charge in [-0.15, -0.1) is 0 Å². The molecule has 1 aliphatic rings. The number of hydrogen-bond acceptors (Lipinski definition) is 4. The number of rotatable bonds is 6. The summed E-state index contributed by atoms with van der Waals surface area (Å²) in [6.45, 7) is 7.37. The van der Waals surface area contributed by atoms with Gasteiger partial charge < -0.3 is 10.6 Å². The second-order valence-electron chi connectivity index (χ2n) is 7.31. The number of carbonyl (C=O) groups is 3. The molecular formula is C20H30N4O3. The highest BCUT2D eigenvalue weighted by atomic mass is 16.2. The van der Waals surface area contributed by atoms with E-state index >= 15 is 0 Å². The van der Waals surface area contributed by atoms with Crippen LogP contribution < -0.4 is 16.0 Å². The summed E-state index contributed by atoms with van der Waals surface area (Å²) in [5, 5.41) is 8.03. The highest BCUT2D eigenvalue weighted by molar-refractivity contribution is 5.96. The number of benzene rings is 1. The van der Waals surface area contributed by atoms with Gasteiger partial charge in [-0.25, -0.2) is 4.79 Å². The zero-order chi connectivity index (χ0) is 19.8. The van der Waals surface area contributed by atoms with Gasteiger partial charge in [-0.1, -0.05) is 30.3 Å². The van der Waals surface area contributed by atoms with Crippen molar-refractivity contribution in [3.05, 3.63) is 35.9 Å². The van der Waals surface area contributed by atoms with Gasteiger partial charge in [-0.3, -0.25) is 19.8 Å². The van der Waals surface area contributed by atoms with Crippen molar-refractivity contribution in [2.75, 3.05) is 13.1 Å². The van der Waals surface area contributed by atoms with Crippen LogP contribution in [0.5, 0.6) is 0 Å². The maximum Gasteiger partial charge on any atom is 0.321 e. The molecule has 0 aliphatic carbocycles. The van der Waals surface area contributed by atoms with E-state index in [1.165, 1.54) is 0 Å². The van der Waals surface area contributed by atoms with Crippen LogP contribution >= 0.6 is 0 Å². The van der Waals surface area contributed by atoms with E-state index in [4.69, 9.17) is 0 Å². The van der Waals surface area contributed by atoms with E-state index in [1.54, 1.807) is 6.92 Å². The molecule has 3 N–H and O–H groups in total. The molecule has 7 nitrogen and oxygen atoms in total. The van der Waals surface area contributed by atoms with E-state index in [0.29, 0.717) is 19.6 Å². The molecule has 0 spiro atoms. The Hall–Kier alpha value is -2.41. The van der Waals surface area contributed by atoms with Crippen molar-refractivity contribution in [3.63, 3.8) is 0 Å². The van der Waals surface area contributed by atoms with Crippen LogP contribution in [0.2, 0.25) is 0 Å². The molecule has 1 atom stereocenters. The van der Waals surface area contributed by atoms with Gasteiger partial charge in [-0.2, -0.15) is 0 Å². The topological polar surface area (TPSA) is 90.5 Å². The second kappa shape index (κ2) is 10.1. The molecular weight excluding hydrogens is 344 g/mol. The van der Waals surface area contributed by atoms with Crippen molar-refractivity contribution < 1.29 is 14.4 Å². The molecule has 7 heteroatoms. The Kier molecular flexibility index (Phi) is 7.79. The summed E-state index contributed by atoms with van der Waals surface area (Å²) in [6, 6.07) is 8.73. The monoisotopic (exact) mass is 374 g/mol. The number of imide groups is 1. The van der Waals surface area contributed by atoms with Crippen molar-refractivity contribution in [2.24, 2.45) is 5.92 Å². The first-order valence-corrected chi connectivity index (χ1v) is 9.54. The SMILES string of the molecule is CC(C)NC(=O)C1CCN(C(C)C(=O)NC(=O)NCc2ccccc2)CC1. The van der Waals surface area contributed by atoms with Crippen LogP contribution in [0.3, 0.4) is 0 Å². The molecule has 1 saturated heterocycles. The summed E-state index contributed by atoms with van der Waals surface area (Å²) in [6.07, 6.45) is 1.44. The van der Waals surface area contributed by atoms with E-state index < -0.39 is 12.1 Å². The van der Waals surface area contributed by atoms with E-state index in [0.717, 1.165) is 18.4 Å². The molecule has 1 aromatic rings. The molecule has 2 rings (SSSR count). The summed E-state index contributed by atoms with van der Waals surface area (Å²) in [5.74, 6) is -0.249. The maximum atomic E-state index is 12.3. The Morgan fingerprint density at radius 2 is 1.70 bits per heavy atom. The molecule has 1 aromatic carbocycles. The number of nitrogens with one attached hydrogen (secondary N) is 3. The third-order valence-corrected chi connectivity index (χ3v) is 4.79. The molecule has 1 unspecified atom stereocenters. The molecule has 1 aliphatic heterocycles. The van der Waals surface area contributed by atoms with Gasteiger partial charge in [0.25, 0.3) is 0 Å². The van der Waals surface area contributed by atoms with Crippen LogP contribution in [0.1, 0.15) is 39.2 Å². The highest BCUT2D eigenvalue weighted by Crippen LogP contribution is 2.19. The number of hydrogen-bond donors (Lipinski definition) is 3. The summed E-state index contributed by atoms with van der Waals surface area (Å²) in [7, 11) is 0. The smallest absolute Gasteiger partial charge is 0.321 e. The first-order chi connectivity index (χ1) is 12.9. The van der Waals surface area contributed by atoms with Crippen LogP contribution in [0.25, 0.3) is 0 Å². The molecule has 1 heterocycles. The van der Waals surface area contributed by atoms with Gasteiger partial charge in [-0.05, 0) is 52.3 Å². The van der Waals surface area contributed by atoms with Crippen molar-refractivity contribution in [1.82, 2.24) is 20.9 Å². The Morgan fingerprint density at radius 1 is 1.07 bits per heavy atom. The van der Waals surface area contributed by atoms with Crippen LogP contribution in [-0.4, -0.2) is 47.9 Å². The number of likely N-dealkylation sites (tertiary alicyclic amines) is 1. The van der Waals surface area contributed by atoms with Gasteiger partial charge in [0.05, 0.1) is 6.04 Å². The quantitative estimate of drug-likeness (QED) is 0.706. The lowest BCUT2D eigenvalue weighted by atomic mass is 9.94. The summed E-state index contributed by atoms with van der Waals surface area (Å²) >= 11 is 0. The van der Waals surface area contributed by atoms with E-state index in [-0.39, 0.29) is 23.8 Å². The average Bonchev–Trinajstić information content (AvgIpc) is 2.66. The fourth-order valence-electron chi connectivity index (χ4n) is 3.16. The van der Waals surface area contributed by atoms with Crippen LogP contribution in [-0.2, 0) is 16.1 Å². The zero-order valence-electron chi connectivity index (χ0n) is 16.3. The Morgan fingerprint density at radius 3 is 2.30 bits per heavy atom. The number of piperidine rings is 1. The van der Waals surface area contributed by atoms with Crippen molar-refractivity contribution in [3.8, 4) is 0 Å². The van der Waals surface area contributed by atoms with Crippen molar-refractivity contribution in [2.45, 2.75) is 52.2 Å². The third-order valence-electron chi connectivity index (χ3n) is 4.79. The van der Waals surface area contributed by atoms with E-state index in [1.807, 2.05) is 49.1 Å². The Bertz CT molecular complexity index is 640. The van der Waals surface area contributed by atoms with Gasteiger partial charge in [0, 0.05) is 18.5 Å². The first-order valence-electron chi connectivity index (χ1n) is 9.54. The van der Waals surface area contributed by atoms with Crippen molar-refractivity contribution in [1.29, 1.82) is 0 Å². The van der Waals surface area contributed by atoms with Crippen molar-refractivity contribution >= 4 is 17.8 Å². The fourth-order valence-corrected chi connectivity index (χ4v) is 3.16. The third kappa shape index (κ3) is 6.67. The molecule has 1 fully saturated rings. The maximum absolute atomic E-state index is 12.3. The average molecular weight is 374 g/mol. The van der Waals surface area contributed by atoms with E-state index in [2.05, 4.69) is 16.0 Å². The lowest BCUT2D eigenvalue weighted by Crippen LogP contribution is -2.52. The van der Waals surface area contributed by atoms with Crippen LogP contribution in [0.15, 0.2) is 30.3 Å². The second-order valence-corrected chi connectivity index (χ2v) is 7.31. The van der Waals surface area contributed by atoms with Gasteiger partial charge in [0.2, 0.25) is 11.8 Å². The van der Waals surface area contributed by atoms with Gasteiger partial charge in [0.1, 0.15) is 0 Å². The molecule has 4 amide bonds. The highest BCUT2D eigenvalue weighted by Gasteiger charge is 2.30. The lowest BCUT2D eigenvalue weighted by molar-refractivity contribution is -0.128. The predicted molar refractivity (Wildman–Crippen MR) is 104 cm³/mol. The first kappa shape index (κ1) is 20.9. The van der Waals surface area contributed by atoms with E-state index in [9.17, 15) is 14.4 Å². The Balaban J connectivity index is 1.73. The summed E-state index contributed by atoms with van der Waals surface area (Å²) < 4.78 is 0. The summed E-state index contributed by atoms with van der Waals surface area (Å²) in [4.78, 5) is 38.4. The Labute approximate surface area is 160 Å². The van der Waals surface area contributed by atoms with Crippen LogP contribution in [0, 0.1) is 5.92 Å². The number of urea groups is 1. The minimum Gasteiger partial charge on any atom is -0.354 e. The molecule has 148 valence electrons. The lowest BCUT2D eigenvalue weighted by Gasteiger charge is -2.34. The zero-order valence-corrected chi connectivity index (χ0v) is 16.3. The number of amides is 4.